The molecule has 2 amide bonds. The van der Waals surface area contributed by atoms with Gasteiger partial charge in [0, 0.05) is 20.0 Å². The number of rotatable bonds is 8. The van der Waals surface area contributed by atoms with E-state index in [1.54, 1.807) is 7.05 Å². The Hall–Kier alpha value is -2.10. The van der Waals surface area contributed by atoms with Crippen molar-refractivity contribution in [3.8, 4) is 6.07 Å². The summed E-state index contributed by atoms with van der Waals surface area (Å²) in [6, 6.07) is 1.97. The van der Waals surface area contributed by atoms with Crippen LogP contribution in [-0.4, -0.2) is 48.9 Å². The molecule has 4 saturated carbocycles. The van der Waals surface area contributed by atoms with Crippen molar-refractivity contribution in [2.24, 2.45) is 23.2 Å². The number of ether oxygens (including phenoxy) is 1. The molecule has 4 aliphatic carbocycles. The summed E-state index contributed by atoms with van der Waals surface area (Å²) in [7, 11) is 1.57. The second-order valence-corrected chi connectivity index (χ2v) is 9.17. The van der Waals surface area contributed by atoms with Crippen molar-refractivity contribution in [1.29, 1.82) is 5.26 Å². The molecule has 1 N–H and O–H groups in total. The molecule has 28 heavy (non-hydrogen) atoms. The van der Waals surface area contributed by atoms with Crippen LogP contribution in [0.25, 0.3) is 0 Å². The Kier molecular flexibility index (Phi) is 6.26. The van der Waals surface area contributed by atoms with Gasteiger partial charge in [0.2, 0.25) is 5.91 Å². The highest BCUT2D eigenvalue weighted by Gasteiger charge is 2.51. The number of hydrogen-bond donors (Lipinski definition) is 1. The molecule has 7 nitrogen and oxygen atoms in total. The summed E-state index contributed by atoms with van der Waals surface area (Å²) >= 11 is 0. The van der Waals surface area contributed by atoms with Gasteiger partial charge in [0.25, 0.3) is 5.91 Å². The zero-order valence-electron chi connectivity index (χ0n) is 16.9. The van der Waals surface area contributed by atoms with Crippen LogP contribution in [0.3, 0.4) is 0 Å². The fraction of sp³-hybridized carbons (Fsp3) is 0.810. The van der Waals surface area contributed by atoms with Gasteiger partial charge in [0.05, 0.1) is 12.5 Å². The summed E-state index contributed by atoms with van der Waals surface area (Å²) in [6.45, 7) is 1.57. The summed E-state index contributed by atoms with van der Waals surface area (Å²) in [5, 5.41) is 11.3. The minimum atomic E-state index is -0.934. The van der Waals surface area contributed by atoms with Crippen molar-refractivity contribution in [2.45, 2.75) is 64.4 Å². The van der Waals surface area contributed by atoms with E-state index in [4.69, 9.17) is 10.00 Å². The molecule has 4 aliphatic rings. The third-order valence-electron chi connectivity index (χ3n) is 6.72. The quantitative estimate of drug-likeness (QED) is 0.640. The number of hydrogen-bond acceptors (Lipinski definition) is 5. The minimum Gasteiger partial charge on any atom is -0.451 e. The Morgan fingerprint density at radius 2 is 1.75 bits per heavy atom. The highest BCUT2D eigenvalue weighted by atomic mass is 16.5. The molecule has 0 aliphatic heterocycles. The fourth-order valence-electron chi connectivity index (χ4n) is 6.01. The van der Waals surface area contributed by atoms with Crippen LogP contribution in [0.5, 0.6) is 0 Å². The van der Waals surface area contributed by atoms with E-state index < -0.39 is 12.1 Å². The average Bonchev–Trinajstić information content (AvgIpc) is 2.62. The molecule has 0 spiro atoms. The molecule has 4 bridgehead atoms. The van der Waals surface area contributed by atoms with Crippen molar-refractivity contribution in [3.63, 3.8) is 0 Å². The molecule has 7 heteroatoms. The first-order valence-corrected chi connectivity index (χ1v) is 10.4. The summed E-state index contributed by atoms with van der Waals surface area (Å²) in [4.78, 5) is 37.9. The molecule has 0 aromatic rings. The van der Waals surface area contributed by atoms with Gasteiger partial charge < -0.3 is 15.0 Å². The lowest BCUT2D eigenvalue weighted by Crippen LogP contribution is -2.48. The number of esters is 1. The maximum absolute atomic E-state index is 12.5. The Balaban J connectivity index is 1.40. The molecule has 1 atom stereocenters. The molecular weight excluding hydrogens is 358 g/mol. The molecule has 0 aromatic carbocycles. The Morgan fingerprint density at radius 3 is 2.29 bits per heavy atom. The zero-order chi connectivity index (χ0) is 20.3. The van der Waals surface area contributed by atoms with Crippen molar-refractivity contribution in [2.75, 3.05) is 20.1 Å². The molecule has 0 saturated heterocycles. The molecule has 4 rings (SSSR count). The van der Waals surface area contributed by atoms with E-state index in [0.29, 0.717) is 13.0 Å². The fourth-order valence-corrected chi connectivity index (χ4v) is 6.01. The van der Waals surface area contributed by atoms with Crippen LogP contribution < -0.4 is 5.32 Å². The van der Waals surface area contributed by atoms with Crippen molar-refractivity contribution >= 4 is 17.8 Å². The van der Waals surface area contributed by atoms with Crippen LogP contribution in [0.2, 0.25) is 0 Å². The second-order valence-electron chi connectivity index (χ2n) is 9.17. The maximum Gasteiger partial charge on any atom is 0.326 e. The Labute approximate surface area is 166 Å². The van der Waals surface area contributed by atoms with E-state index in [-0.39, 0.29) is 30.2 Å². The van der Waals surface area contributed by atoms with E-state index in [2.05, 4.69) is 5.32 Å². The first-order valence-electron chi connectivity index (χ1n) is 10.4. The molecule has 4 fully saturated rings. The van der Waals surface area contributed by atoms with E-state index in [1.165, 1.54) is 31.1 Å². The first-order chi connectivity index (χ1) is 13.3. The molecule has 154 valence electrons. The number of likely N-dealkylation sites (N-methyl/N-ethyl adjacent to an activating group) is 1. The lowest BCUT2D eigenvalue weighted by molar-refractivity contribution is -0.158. The van der Waals surface area contributed by atoms with Gasteiger partial charge in [-0.1, -0.05) is 0 Å². The molecule has 0 unspecified atom stereocenters. The van der Waals surface area contributed by atoms with Gasteiger partial charge in [-0.25, -0.2) is 0 Å². The SMILES string of the molecule is C[C@H](OC(=O)CNC(=O)CC12CC3CC(CC(C3)C1)C2)C(=O)N(C)CCC#N. The van der Waals surface area contributed by atoms with Crippen LogP contribution in [0.15, 0.2) is 0 Å². The Morgan fingerprint density at radius 1 is 1.18 bits per heavy atom. The van der Waals surface area contributed by atoms with Crippen LogP contribution in [-0.2, 0) is 19.1 Å². The van der Waals surface area contributed by atoms with Crippen LogP contribution >= 0.6 is 0 Å². The van der Waals surface area contributed by atoms with E-state index in [1.807, 2.05) is 6.07 Å². The van der Waals surface area contributed by atoms with Gasteiger partial charge in [0.1, 0.15) is 6.54 Å². The number of nitriles is 1. The summed E-state index contributed by atoms with van der Waals surface area (Å²) in [5.41, 5.74) is 0.134. The molecule has 0 aromatic heterocycles. The molecule has 0 radical (unpaired) electrons. The summed E-state index contributed by atoms with van der Waals surface area (Å²) in [6.07, 6.45) is 7.24. The van der Waals surface area contributed by atoms with Crippen molar-refractivity contribution in [1.82, 2.24) is 10.2 Å². The van der Waals surface area contributed by atoms with E-state index in [0.717, 1.165) is 37.0 Å². The predicted molar refractivity (Wildman–Crippen MR) is 102 cm³/mol. The van der Waals surface area contributed by atoms with Gasteiger partial charge >= 0.3 is 5.97 Å². The van der Waals surface area contributed by atoms with E-state index >= 15 is 0 Å². The Bertz CT molecular complexity index is 634. The highest BCUT2D eigenvalue weighted by molar-refractivity contribution is 5.86. The smallest absolute Gasteiger partial charge is 0.326 e. The van der Waals surface area contributed by atoms with E-state index in [9.17, 15) is 14.4 Å². The molecular formula is C21H31N3O4. The number of nitrogens with zero attached hydrogens (tertiary/aromatic N) is 2. The maximum atomic E-state index is 12.5. The zero-order valence-corrected chi connectivity index (χ0v) is 16.9. The van der Waals surface area contributed by atoms with Crippen molar-refractivity contribution in [3.05, 3.63) is 0 Å². The number of nitrogens with one attached hydrogen (secondary N) is 1. The summed E-state index contributed by atoms with van der Waals surface area (Å²) < 4.78 is 5.13. The lowest BCUT2D eigenvalue weighted by Gasteiger charge is -2.56. The first kappa shape index (κ1) is 20.6. The lowest BCUT2D eigenvalue weighted by atomic mass is 9.49. The standard InChI is InChI=1S/C21H31N3O4/c1-14(20(27)24(2)5-3-4-22)28-19(26)13-23-18(25)12-21-9-15-6-16(10-21)8-17(7-15)11-21/h14-17H,3,5-13H2,1-2H3,(H,23,25)/t14-,15?,16?,17?,21?/m0/s1. The summed E-state index contributed by atoms with van der Waals surface area (Å²) in [5.74, 6) is 1.29. The van der Waals surface area contributed by atoms with Gasteiger partial charge in [-0.2, -0.15) is 5.26 Å². The minimum absolute atomic E-state index is 0.0935. The predicted octanol–water partition coefficient (Wildman–Crippen LogP) is 2.01. The van der Waals surface area contributed by atoms with Crippen LogP contribution in [0.4, 0.5) is 0 Å². The van der Waals surface area contributed by atoms with Gasteiger partial charge in [-0.05, 0) is 68.6 Å². The van der Waals surface area contributed by atoms with Gasteiger partial charge in [-0.15, -0.1) is 0 Å². The number of carbonyl (C=O) groups excluding carboxylic acids is 3. The number of carbonyl (C=O) groups is 3. The van der Waals surface area contributed by atoms with Crippen LogP contribution in [0.1, 0.15) is 58.3 Å². The second kappa shape index (κ2) is 8.50. The number of amides is 2. The average molecular weight is 389 g/mol. The topological polar surface area (TPSA) is 99.5 Å². The van der Waals surface area contributed by atoms with Gasteiger partial charge in [-0.3, -0.25) is 14.4 Å². The monoisotopic (exact) mass is 389 g/mol. The highest BCUT2D eigenvalue weighted by Crippen LogP contribution is 2.61. The van der Waals surface area contributed by atoms with Crippen LogP contribution in [0, 0.1) is 34.5 Å². The normalized spacial score (nSPS) is 31.0. The molecule has 0 heterocycles. The largest absolute Gasteiger partial charge is 0.451 e. The third-order valence-corrected chi connectivity index (χ3v) is 6.72. The van der Waals surface area contributed by atoms with Gasteiger partial charge in [0.15, 0.2) is 6.10 Å². The third kappa shape index (κ3) is 4.84. The van der Waals surface area contributed by atoms with Crippen molar-refractivity contribution < 1.29 is 19.1 Å².